The van der Waals surface area contributed by atoms with Crippen LogP contribution in [-0.2, 0) is 22.2 Å². The van der Waals surface area contributed by atoms with Gasteiger partial charge in [0.1, 0.15) is 5.92 Å². The Morgan fingerprint density at radius 3 is 2.67 bits per heavy atom. The number of ketones is 1. The van der Waals surface area contributed by atoms with Gasteiger partial charge in [0.15, 0.2) is 5.78 Å². The van der Waals surface area contributed by atoms with Crippen LogP contribution >= 0.6 is 0 Å². The first-order valence-electron chi connectivity index (χ1n) is 8.22. The van der Waals surface area contributed by atoms with Crippen LogP contribution < -0.4 is 0 Å². The molecule has 0 bridgehead atoms. The van der Waals surface area contributed by atoms with E-state index in [1.54, 1.807) is 0 Å². The third kappa shape index (κ3) is 3.84. The highest BCUT2D eigenvalue weighted by atomic mass is 19.4. The predicted octanol–water partition coefficient (Wildman–Crippen LogP) is 3.22. The average molecular weight is 380 g/mol. The van der Waals surface area contributed by atoms with Gasteiger partial charge in [-0.15, -0.1) is 0 Å². The molecular formula is C19H16F4N2O2. The van der Waals surface area contributed by atoms with Crippen molar-refractivity contribution in [2.75, 3.05) is 13.6 Å². The predicted molar refractivity (Wildman–Crippen MR) is 88.2 cm³/mol. The Kier molecular flexibility index (Phi) is 4.99. The summed E-state index contributed by atoms with van der Waals surface area (Å²) in [4.78, 5) is 30.0. The molecule has 27 heavy (non-hydrogen) atoms. The molecule has 2 atom stereocenters. The highest BCUT2D eigenvalue weighted by molar-refractivity contribution is 6.04. The van der Waals surface area contributed by atoms with Crippen molar-refractivity contribution in [1.82, 2.24) is 9.88 Å². The molecule has 2 aromatic rings. The molecule has 1 amide bonds. The van der Waals surface area contributed by atoms with Gasteiger partial charge in [-0.25, -0.2) is 4.98 Å². The van der Waals surface area contributed by atoms with Crippen LogP contribution in [0.2, 0.25) is 0 Å². The van der Waals surface area contributed by atoms with Crippen molar-refractivity contribution in [3.63, 3.8) is 0 Å². The summed E-state index contributed by atoms with van der Waals surface area (Å²) in [5.41, 5.74) is -0.535. The number of nitrogens with zero attached hydrogens (tertiary/aromatic N) is 2. The molecule has 4 nitrogen and oxygen atoms in total. The summed E-state index contributed by atoms with van der Waals surface area (Å²) in [5, 5.41) is 0. The second-order valence-corrected chi connectivity index (χ2v) is 6.52. The summed E-state index contributed by atoms with van der Waals surface area (Å²) >= 11 is 0. The van der Waals surface area contributed by atoms with Crippen LogP contribution in [0, 0.1) is 11.9 Å². The molecule has 0 spiro atoms. The fourth-order valence-corrected chi connectivity index (χ4v) is 3.35. The summed E-state index contributed by atoms with van der Waals surface area (Å²) in [6, 6.07) is 7.48. The van der Waals surface area contributed by atoms with Crippen molar-refractivity contribution in [3.05, 3.63) is 65.2 Å². The second-order valence-electron chi connectivity index (χ2n) is 6.52. The second kappa shape index (κ2) is 7.09. The van der Waals surface area contributed by atoms with Gasteiger partial charge in [0.2, 0.25) is 11.9 Å². The van der Waals surface area contributed by atoms with Gasteiger partial charge in [-0.05, 0) is 17.7 Å². The quantitative estimate of drug-likeness (QED) is 0.465. The first kappa shape index (κ1) is 19.0. The summed E-state index contributed by atoms with van der Waals surface area (Å²) in [7, 11) is 1.49. The lowest BCUT2D eigenvalue weighted by atomic mass is 9.83. The Morgan fingerprint density at radius 1 is 1.26 bits per heavy atom. The average Bonchev–Trinajstić information content (AvgIpc) is 2.91. The van der Waals surface area contributed by atoms with E-state index >= 15 is 0 Å². The van der Waals surface area contributed by atoms with Crippen LogP contribution in [0.3, 0.4) is 0 Å². The molecule has 0 unspecified atom stereocenters. The minimum atomic E-state index is -4.52. The lowest BCUT2D eigenvalue weighted by molar-refractivity contribution is -0.137. The number of carbonyl (C=O) groups excluding carboxylic acids is 2. The Hall–Kier alpha value is -2.77. The number of rotatable bonds is 4. The van der Waals surface area contributed by atoms with Crippen LogP contribution in [0.15, 0.2) is 42.6 Å². The molecule has 8 heteroatoms. The highest BCUT2D eigenvalue weighted by Gasteiger charge is 2.44. The fourth-order valence-electron chi connectivity index (χ4n) is 3.35. The number of aromatic nitrogens is 1. The number of Topliss-reactive ketones (excluding diaryl/α,β-unsaturated/α-hetero) is 1. The molecule has 0 N–H and O–H groups in total. The Balaban J connectivity index is 1.92. The van der Waals surface area contributed by atoms with Crippen LogP contribution in [0.25, 0.3) is 0 Å². The zero-order valence-corrected chi connectivity index (χ0v) is 14.3. The molecule has 1 aromatic carbocycles. The van der Waals surface area contributed by atoms with E-state index in [-0.39, 0.29) is 24.1 Å². The van der Waals surface area contributed by atoms with Crippen molar-refractivity contribution in [1.29, 1.82) is 0 Å². The monoisotopic (exact) mass is 380 g/mol. The van der Waals surface area contributed by atoms with E-state index in [0.717, 1.165) is 12.1 Å². The maximum atomic E-state index is 13.7. The van der Waals surface area contributed by atoms with Gasteiger partial charge in [-0.1, -0.05) is 24.3 Å². The van der Waals surface area contributed by atoms with Crippen LogP contribution in [-0.4, -0.2) is 35.2 Å². The molecule has 1 saturated heterocycles. The molecule has 1 aromatic heterocycles. The van der Waals surface area contributed by atoms with Crippen molar-refractivity contribution >= 4 is 11.7 Å². The highest BCUT2D eigenvalue weighted by Crippen LogP contribution is 2.37. The SMILES string of the molecule is CN1C[C@H](c2cccc(C(F)(F)F)c2)[C@@H](C(=O)Cc2cccnc2F)C1=O. The lowest BCUT2D eigenvalue weighted by Crippen LogP contribution is -2.29. The molecule has 1 aliphatic heterocycles. The first-order valence-corrected chi connectivity index (χ1v) is 8.22. The van der Waals surface area contributed by atoms with E-state index in [9.17, 15) is 27.2 Å². The zero-order chi connectivity index (χ0) is 19.8. The summed E-state index contributed by atoms with van der Waals surface area (Å²) in [6.07, 6.45) is -3.63. The topological polar surface area (TPSA) is 50.3 Å². The molecule has 0 aliphatic carbocycles. The first-order chi connectivity index (χ1) is 12.7. The Bertz CT molecular complexity index is 882. The number of amides is 1. The van der Waals surface area contributed by atoms with E-state index in [0.29, 0.717) is 0 Å². The maximum absolute atomic E-state index is 13.7. The van der Waals surface area contributed by atoms with Crippen molar-refractivity contribution < 1.29 is 27.2 Å². The summed E-state index contributed by atoms with van der Waals surface area (Å²) < 4.78 is 52.7. The number of benzene rings is 1. The minimum Gasteiger partial charge on any atom is -0.344 e. The molecule has 0 saturated carbocycles. The molecule has 1 fully saturated rings. The van der Waals surface area contributed by atoms with E-state index in [4.69, 9.17) is 0 Å². The molecule has 3 rings (SSSR count). The normalized spacial score (nSPS) is 20.2. The summed E-state index contributed by atoms with van der Waals surface area (Å²) in [5.74, 6) is -3.71. The van der Waals surface area contributed by atoms with Gasteiger partial charge in [0, 0.05) is 37.7 Å². The fraction of sp³-hybridized carbons (Fsp3) is 0.316. The van der Waals surface area contributed by atoms with Gasteiger partial charge < -0.3 is 4.90 Å². The maximum Gasteiger partial charge on any atom is 0.416 e. The number of halogens is 4. The van der Waals surface area contributed by atoms with E-state index < -0.39 is 41.2 Å². The van der Waals surface area contributed by atoms with Crippen LogP contribution in [0.5, 0.6) is 0 Å². The lowest BCUT2D eigenvalue weighted by Gasteiger charge is -2.18. The number of likely N-dealkylation sites (tertiary alicyclic amines) is 1. The zero-order valence-electron chi connectivity index (χ0n) is 14.3. The third-order valence-electron chi connectivity index (χ3n) is 4.71. The van der Waals surface area contributed by atoms with Gasteiger partial charge in [0.05, 0.1) is 5.56 Å². The molecule has 142 valence electrons. The molecule has 2 heterocycles. The molecular weight excluding hydrogens is 364 g/mol. The smallest absolute Gasteiger partial charge is 0.344 e. The largest absolute Gasteiger partial charge is 0.416 e. The standard InChI is InChI=1S/C19H16F4N2O2/c1-25-10-14(11-4-2-6-13(8-11)19(21,22)23)16(18(25)27)15(26)9-12-5-3-7-24-17(12)20/h2-8,14,16H,9-10H2,1H3/t14-,16+/m1/s1. The Morgan fingerprint density at radius 2 is 2.00 bits per heavy atom. The number of hydrogen-bond donors (Lipinski definition) is 0. The van der Waals surface area contributed by atoms with E-state index in [1.165, 1.54) is 42.4 Å². The summed E-state index contributed by atoms with van der Waals surface area (Å²) in [6.45, 7) is 0.117. The Labute approximate surface area is 152 Å². The molecule has 1 aliphatic rings. The number of likely N-dealkylation sites (N-methyl/N-ethyl adjacent to an activating group) is 1. The van der Waals surface area contributed by atoms with Crippen molar-refractivity contribution in [2.45, 2.75) is 18.5 Å². The third-order valence-corrected chi connectivity index (χ3v) is 4.71. The van der Waals surface area contributed by atoms with E-state index in [2.05, 4.69) is 4.98 Å². The molecule has 0 radical (unpaired) electrons. The van der Waals surface area contributed by atoms with Crippen LogP contribution in [0.1, 0.15) is 22.6 Å². The van der Waals surface area contributed by atoms with Crippen molar-refractivity contribution in [2.24, 2.45) is 5.92 Å². The number of alkyl halides is 3. The number of hydrogen-bond acceptors (Lipinski definition) is 3. The number of carbonyl (C=O) groups is 2. The number of pyridine rings is 1. The van der Waals surface area contributed by atoms with Gasteiger partial charge in [0.25, 0.3) is 0 Å². The van der Waals surface area contributed by atoms with Gasteiger partial charge in [-0.3, -0.25) is 9.59 Å². The van der Waals surface area contributed by atoms with E-state index in [1.807, 2.05) is 0 Å². The van der Waals surface area contributed by atoms with Gasteiger partial charge >= 0.3 is 6.18 Å². The van der Waals surface area contributed by atoms with Crippen molar-refractivity contribution in [3.8, 4) is 0 Å². The minimum absolute atomic E-state index is 0.0487. The van der Waals surface area contributed by atoms with Crippen LogP contribution in [0.4, 0.5) is 17.6 Å². The van der Waals surface area contributed by atoms with Gasteiger partial charge in [-0.2, -0.15) is 17.6 Å².